The summed E-state index contributed by atoms with van der Waals surface area (Å²) in [5, 5.41) is 5.65. The number of likely N-dealkylation sites (N-methyl/N-ethyl adjacent to an activating group) is 1. The number of para-hydroxylation sites is 1. The fraction of sp³-hybridized carbons (Fsp3) is 0.281. The number of aryl methyl sites for hydroxylation is 1. The van der Waals surface area contributed by atoms with Gasteiger partial charge in [-0.1, -0.05) is 72.7 Å². The van der Waals surface area contributed by atoms with Gasteiger partial charge in [0.2, 0.25) is 5.91 Å². The SMILES string of the molecule is C#Cc1ccccc1C(C(=O)Nc1ccccc1C)N(C)C(=O)C(Cc1ccccc1)NC(=O)OC(C)(C)C. The molecular formula is C32H35N3O4. The summed E-state index contributed by atoms with van der Waals surface area (Å²) in [4.78, 5) is 41.9. The van der Waals surface area contributed by atoms with E-state index in [1.807, 2.05) is 55.5 Å². The molecule has 3 aromatic rings. The van der Waals surface area contributed by atoms with Crippen molar-refractivity contribution < 1.29 is 19.1 Å². The van der Waals surface area contributed by atoms with Crippen molar-refractivity contribution in [3.05, 3.63) is 101 Å². The van der Waals surface area contributed by atoms with E-state index in [9.17, 15) is 14.4 Å². The van der Waals surface area contributed by atoms with E-state index in [1.54, 1.807) is 51.1 Å². The standard InChI is InChI=1S/C32H35N3O4/c1-7-24-18-12-13-19-25(24)28(29(36)33-26-20-14-11-15-22(26)2)35(6)30(37)27(21-23-16-9-8-10-17-23)34-31(38)39-32(3,4)5/h1,8-20,27-28H,21H2,2-6H3,(H,33,36)(H,34,38). The summed E-state index contributed by atoms with van der Waals surface area (Å²) in [7, 11) is 1.53. The minimum absolute atomic E-state index is 0.201. The number of hydrogen-bond acceptors (Lipinski definition) is 4. The molecule has 0 spiro atoms. The molecule has 3 amide bonds. The Morgan fingerprint density at radius 2 is 1.56 bits per heavy atom. The van der Waals surface area contributed by atoms with E-state index in [2.05, 4.69) is 16.6 Å². The van der Waals surface area contributed by atoms with Gasteiger partial charge in [0, 0.05) is 24.7 Å². The molecule has 7 heteroatoms. The summed E-state index contributed by atoms with van der Waals surface area (Å²) in [6, 6.07) is 21.6. The lowest BCUT2D eigenvalue weighted by Crippen LogP contribution is -2.52. The highest BCUT2D eigenvalue weighted by molar-refractivity contribution is 5.99. The number of carbonyl (C=O) groups excluding carboxylic acids is 3. The highest BCUT2D eigenvalue weighted by Gasteiger charge is 2.35. The van der Waals surface area contributed by atoms with Crippen LogP contribution in [0.25, 0.3) is 0 Å². The Bertz CT molecular complexity index is 1360. The number of alkyl carbamates (subject to hydrolysis) is 1. The highest BCUT2D eigenvalue weighted by Crippen LogP contribution is 2.27. The second-order valence-corrected chi connectivity index (χ2v) is 10.3. The molecule has 0 aliphatic heterocycles. The third kappa shape index (κ3) is 7.96. The molecule has 3 rings (SSSR count). The maximum atomic E-state index is 14.0. The van der Waals surface area contributed by atoms with Gasteiger partial charge in [0.15, 0.2) is 0 Å². The van der Waals surface area contributed by atoms with Crippen LogP contribution in [0, 0.1) is 19.3 Å². The Hall–Kier alpha value is -4.57. The van der Waals surface area contributed by atoms with Crippen LogP contribution in [0.1, 0.15) is 49.1 Å². The summed E-state index contributed by atoms with van der Waals surface area (Å²) in [6.45, 7) is 7.12. The first kappa shape index (κ1) is 29.0. The van der Waals surface area contributed by atoms with Crippen LogP contribution in [0.2, 0.25) is 0 Å². The van der Waals surface area contributed by atoms with Crippen LogP contribution in [0.5, 0.6) is 0 Å². The van der Waals surface area contributed by atoms with Crippen molar-refractivity contribution in [3.8, 4) is 12.3 Å². The molecule has 202 valence electrons. The van der Waals surface area contributed by atoms with Crippen LogP contribution in [-0.4, -0.2) is 41.5 Å². The van der Waals surface area contributed by atoms with Crippen molar-refractivity contribution in [2.45, 2.75) is 51.8 Å². The van der Waals surface area contributed by atoms with Gasteiger partial charge in [-0.3, -0.25) is 9.59 Å². The van der Waals surface area contributed by atoms with Gasteiger partial charge in [0.25, 0.3) is 5.91 Å². The number of anilines is 1. The number of terminal acetylenes is 1. The predicted octanol–water partition coefficient (Wildman–Crippen LogP) is 5.25. The number of nitrogens with one attached hydrogen (secondary N) is 2. The van der Waals surface area contributed by atoms with E-state index in [4.69, 9.17) is 11.2 Å². The second kappa shape index (κ2) is 12.8. The molecule has 7 nitrogen and oxygen atoms in total. The molecule has 3 aromatic carbocycles. The minimum atomic E-state index is -1.07. The van der Waals surface area contributed by atoms with Gasteiger partial charge >= 0.3 is 6.09 Å². The van der Waals surface area contributed by atoms with E-state index in [-0.39, 0.29) is 6.42 Å². The van der Waals surface area contributed by atoms with Crippen molar-refractivity contribution >= 4 is 23.6 Å². The Kier molecular flexibility index (Phi) is 9.51. The monoisotopic (exact) mass is 525 g/mol. The molecule has 2 unspecified atom stereocenters. The maximum Gasteiger partial charge on any atom is 0.408 e. The molecule has 0 fully saturated rings. The third-order valence-electron chi connectivity index (χ3n) is 6.07. The van der Waals surface area contributed by atoms with Gasteiger partial charge in [-0.05, 0) is 56.5 Å². The summed E-state index contributed by atoms with van der Waals surface area (Å²) >= 11 is 0. The zero-order valence-electron chi connectivity index (χ0n) is 23.0. The molecule has 0 aromatic heterocycles. The van der Waals surface area contributed by atoms with Crippen LogP contribution in [0.15, 0.2) is 78.9 Å². The lowest BCUT2D eigenvalue weighted by atomic mass is 9.97. The minimum Gasteiger partial charge on any atom is -0.444 e. The van der Waals surface area contributed by atoms with Gasteiger partial charge in [-0.25, -0.2) is 4.79 Å². The van der Waals surface area contributed by atoms with Gasteiger partial charge in [0.1, 0.15) is 17.7 Å². The third-order valence-corrected chi connectivity index (χ3v) is 6.07. The van der Waals surface area contributed by atoms with Crippen molar-refractivity contribution in [1.82, 2.24) is 10.2 Å². The molecule has 0 saturated carbocycles. The molecule has 2 N–H and O–H groups in total. The van der Waals surface area contributed by atoms with Crippen LogP contribution in [0.3, 0.4) is 0 Å². The highest BCUT2D eigenvalue weighted by atomic mass is 16.6. The van der Waals surface area contributed by atoms with Gasteiger partial charge in [0.05, 0.1) is 0 Å². The smallest absolute Gasteiger partial charge is 0.408 e. The number of nitrogens with zero attached hydrogens (tertiary/aromatic N) is 1. The fourth-order valence-corrected chi connectivity index (χ4v) is 4.18. The number of hydrogen-bond donors (Lipinski definition) is 2. The first-order chi connectivity index (χ1) is 18.5. The quantitative estimate of drug-likeness (QED) is 0.393. The molecular weight excluding hydrogens is 490 g/mol. The van der Waals surface area contributed by atoms with Gasteiger partial charge in [-0.2, -0.15) is 0 Å². The van der Waals surface area contributed by atoms with Crippen LogP contribution in [-0.2, 0) is 20.7 Å². The van der Waals surface area contributed by atoms with Crippen LogP contribution in [0.4, 0.5) is 10.5 Å². The summed E-state index contributed by atoms with van der Waals surface area (Å²) < 4.78 is 5.43. The summed E-state index contributed by atoms with van der Waals surface area (Å²) in [5.41, 5.74) is 2.57. The lowest BCUT2D eigenvalue weighted by Gasteiger charge is -2.32. The first-order valence-corrected chi connectivity index (χ1v) is 12.7. The maximum absolute atomic E-state index is 14.0. The molecule has 2 atom stereocenters. The van der Waals surface area contributed by atoms with Crippen molar-refractivity contribution in [2.24, 2.45) is 0 Å². The number of rotatable bonds is 8. The van der Waals surface area contributed by atoms with Crippen molar-refractivity contribution in [3.63, 3.8) is 0 Å². The van der Waals surface area contributed by atoms with E-state index in [1.165, 1.54) is 11.9 Å². The zero-order valence-corrected chi connectivity index (χ0v) is 23.0. The lowest BCUT2D eigenvalue weighted by molar-refractivity contribution is -0.139. The first-order valence-electron chi connectivity index (χ1n) is 12.7. The molecule has 0 radical (unpaired) electrons. The zero-order chi connectivity index (χ0) is 28.6. The molecule has 0 heterocycles. The molecule has 0 aliphatic carbocycles. The Morgan fingerprint density at radius 3 is 2.21 bits per heavy atom. The summed E-state index contributed by atoms with van der Waals surface area (Å²) in [6.07, 6.45) is 5.24. The fourth-order valence-electron chi connectivity index (χ4n) is 4.18. The molecule has 39 heavy (non-hydrogen) atoms. The van der Waals surface area contributed by atoms with Gasteiger partial charge in [-0.15, -0.1) is 6.42 Å². The van der Waals surface area contributed by atoms with E-state index in [0.717, 1.165) is 11.1 Å². The summed E-state index contributed by atoms with van der Waals surface area (Å²) in [5.74, 6) is 1.72. The number of carbonyl (C=O) groups is 3. The normalized spacial score (nSPS) is 12.4. The molecule has 0 aliphatic rings. The topological polar surface area (TPSA) is 87.7 Å². The van der Waals surface area contributed by atoms with Crippen molar-refractivity contribution in [2.75, 3.05) is 12.4 Å². The molecule has 0 saturated heterocycles. The van der Waals surface area contributed by atoms with Gasteiger partial charge < -0.3 is 20.3 Å². The Morgan fingerprint density at radius 1 is 0.949 bits per heavy atom. The van der Waals surface area contributed by atoms with E-state index in [0.29, 0.717) is 16.8 Å². The Balaban J connectivity index is 2.00. The number of benzene rings is 3. The van der Waals surface area contributed by atoms with E-state index >= 15 is 0 Å². The van der Waals surface area contributed by atoms with Crippen LogP contribution < -0.4 is 10.6 Å². The predicted molar refractivity (Wildman–Crippen MR) is 153 cm³/mol. The van der Waals surface area contributed by atoms with E-state index < -0.39 is 35.6 Å². The van der Waals surface area contributed by atoms with Crippen molar-refractivity contribution in [1.29, 1.82) is 0 Å². The second-order valence-electron chi connectivity index (χ2n) is 10.3. The van der Waals surface area contributed by atoms with Crippen LogP contribution >= 0.6 is 0 Å². The largest absolute Gasteiger partial charge is 0.444 e. The molecule has 0 bridgehead atoms. The average Bonchev–Trinajstić information content (AvgIpc) is 2.89. The number of ether oxygens (including phenoxy) is 1. The number of amides is 3. The average molecular weight is 526 g/mol. The Labute approximate surface area is 230 Å².